The lowest BCUT2D eigenvalue weighted by atomic mass is 9.55. The van der Waals surface area contributed by atoms with Gasteiger partial charge in [-0.05, 0) is 66.7 Å². The lowest BCUT2D eigenvalue weighted by Crippen LogP contribution is -2.42. The van der Waals surface area contributed by atoms with Crippen LogP contribution in [0.1, 0.15) is 49.7 Å². The van der Waals surface area contributed by atoms with Crippen LogP contribution in [0.2, 0.25) is 0 Å². The standard InChI is InChI=1S/C19H22N2O2/c1-19-8-7-14-13-6-4-12(23-2)9-11(13)3-5-15(14)16(19)10-17(21-20)18(19)22/h4,6,9,14-16H,3,5,7-8,10H2,1-2H3/t14-,15-,16-,19-/m0/s1. The summed E-state index contributed by atoms with van der Waals surface area (Å²) in [5.41, 5.74) is 12.1. The van der Waals surface area contributed by atoms with Crippen molar-refractivity contribution < 1.29 is 14.3 Å². The molecule has 1 aromatic carbocycles. The number of carbonyl (C=O) groups excluding carboxylic acids is 1. The Labute approximate surface area is 136 Å². The van der Waals surface area contributed by atoms with Crippen LogP contribution in [0.5, 0.6) is 5.75 Å². The molecule has 3 aliphatic carbocycles. The molecular weight excluding hydrogens is 288 g/mol. The number of methoxy groups -OCH3 is 1. The summed E-state index contributed by atoms with van der Waals surface area (Å²) in [6, 6.07) is 6.43. The Morgan fingerprint density at radius 3 is 2.91 bits per heavy atom. The highest BCUT2D eigenvalue weighted by Crippen LogP contribution is 2.58. The van der Waals surface area contributed by atoms with Crippen LogP contribution in [0, 0.1) is 17.3 Å². The number of ketones is 1. The van der Waals surface area contributed by atoms with Crippen LogP contribution in [0.15, 0.2) is 18.2 Å². The highest BCUT2D eigenvalue weighted by Gasteiger charge is 2.60. The summed E-state index contributed by atoms with van der Waals surface area (Å²) in [5, 5.41) is 0. The van der Waals surface area contributed by atoms with E-state index in [2.05, 4.69) is 29.9 Å². The molecule has 0 amide bonds. The van der Waals surface area contributed by atoms with Gasteiger partial charge in [0.2, 0.25) is 5.78 Å². The second kappa shape index (κ2) is 5.04. The smallest absolute Gasteiger partial charge is 0.335 e. The van der Waals surface area contributed by atoms with E-state index in [9.17, 15) is 4.79 Å². The molecule has 0 aliphatic heterocycles. The number of hydrogen-bond acceptors (Lipinski definition) is 2. The van der Waals surface area contributed by atoms with Crippen LogP contribution in [-0.2, 0) is 11.2 Å². The van der Waals surface area contributed by atoms with Gasteiger partial charge in [0.25, 0.3) is 0 Å². The van der Waals surface area contributed by atoms with E-state index >= 15 is 0 Å². The van der Waals surface area contributed by atoms with Gasteiger partial charge in [0.1, 0.15) is 5.75 Å². The fraction of sp³-hybridized carbons (Fsp3) is 0.579. The molecule has 0 heterocycles. The fourth-order valence-electron chi connectivity index (χ4n) is 5.38. The molecule has 0 unspecified atom stereocenters. The average molecular weight is 310 g/mol. The summed E-state index contributed by atoms with van der Waals surface area (Å²) in [6.07, 6.45) is 4.72. The number of fused-ring (bicyclic) bond motifs is 5. The van der Waals surface area contributed by atoms with Crippen LogP contribution in [0.3, 0.4) is 0 Å². The number of rotatable bonds is 1. The summed E-state index contributed by atoms with van der Waals surface area (Å²) in [7, 11) is 1.71. The minimum absolute atomic E-state index is 0.0731. The van der Waals surface area contributed by atoms with Crippen molar-refractivity contribution in [2.45, 2.75) is 44.9 Å². The summed E-state index contributed by atoms with van der Waals surface area (Å²) in [6.45, 7) is 2.08. The highest BCUT2D eigenvalue weighted by atomic mass is 16.5. The van der Waals surface area contributed by atoms with Gasteiger partial charge < -0.3 is 10.3 Å². The number of carbonyl (C=O) groups is 1. The first-order valence-corrected chi connectivity index (χ1v) is 8.51. The molecule has 3 aliphatic rings. The van der Waals surface area contributed by atoms with E-state index in [1.54, 1.807) is 7.11 Å². The molecule has 1 aromatic rings. The molecule has 2 fully saturated rings. The third kappa shape index (κ3) is 1.94. The maximum atomic E-state index is 12.6. The molecule has 0 N–H and O–H groups in total. The number of benzene rings is 1. The van der Waals surface area contributed by atoms with Crippen molar-refractivity contribution in [3.05, 3.63) is 34.9 Å². The molecule has 4 atom stereocenters. The molecular formula is C19H22N2O2. The number of Topliss-reactive ketones (excluding diaryl/α,β-unsaturated/α-hetero) is 1. The zero-order valence-corrected chi connectivity index (χ0v) is 13.7. The Balaban J connectivity index is 1.72. The normalized spacial score (nSPS) is 35.1. The minimum atomic E-state index is -0.327. The van der Waals surface area contributed by atoms with Crippen molar-refractivity contribution in [2.75, 3.05) is 7.11 Å². The highest BCUT2D eigenvalue weighted by molar-refractivity contribution is 6.41. The first-order valence-electron chi connectivity index (χ1n) is 8.51. The molecule has 0 saturated heterocycles. The van der Waals surface area contributed by atoms with E-state index < -0.39 is 0 Å². The number of nitrogens with zero attached hydrogens (tertiary/aromatic N) is 2. The lowest BCUT2D eigenvalue weighted by Gasteiger charge is -2.47. The Bertz CT molecular complexity index is 735. The molecule has 2 saturated carbocycles. The van der Waals surface area contributed by atoms with E-state index in [1.165, 1.54) is 11.1 Å². The van der Waals surface area contributed by atoms with Gasteiger partial charge in [-0.15, -0.1) is 0 Å². The molecule has 0 radical (unpaired) electrons. The van der Waals surface area contributed by atoms with Crippen molar-refractivity contribution in [2.24, 2.45) is 17.3 Å². The Morgan fingerprint density at radius 1 is 1.35 bits per heavy atom. The maximum Gasteiger partial charge on any atom is 0.335 e. The van der Waals surface area contributed by atoms with Crippen LogP contribution in [-0.4, -0.2) is 23.4 Å². The van der Waals surface area contributed by atoms with E-state index in [0.29, 0.717) is 29.9 Å². The first kappa shape index (κ1) is 14.6. The molecule has 4 heteroatoms. The quantitative estimate of drug-likeness (QED) is 0.589. The van der Waals surface area contributed by atoms with Crippen molar-refractivity contribution in [3.8, 4) is 5.75 Å². The van der Waals surface area contributed by atoms with Gasteiger partial charge in [0.05, 0.1) is 13.5 Å². The van der Waals surface area contributed by atoms with E-state index in [0.717, 1.165) is 31.4 Å². The van der Waals surface area contributed by atoms with E-state index in [1.807, 2.05) is 0 Å². The average Bonchev–Trinajstić information content (AvgIpc) is 2.85. The molecule has 120 valence electrons. The third-order valence-corrected chi connectivity index (χ3v) is 6.64. The molecule has 0 spiro atoms. The fourth-order valence-corrected chi connectivity index (χ4v) is 5.38. The van der Waals surface area contributed by atoms with E-state index in [-0.39, 0.29) is 11.2 Å². The zero-order valence-electron chi connectivity index (χ0n) is 13.7. The summed E-state index contributed by atoms with van der Waals surface area (Å²) >= 11 is 0. The molecule has 23 heavy (non-hydrogen) atoms. The summed E-state index contributed by atoms with van der Waals surface area (Å²) in [5.74, 6) is 2.35. The number of aryl methyl sites for hydroxylation is 1. The van der Waals surface area contributed by atoms with Gasteiger partial charge in [-0.2, -0.15) is 4.79 Å². The Kier molecular flexibility index (Phi) is 3.21. The third-order valence-electron chi connectivity index (χ3n) is 6.64. The summed E-state index contributed by atoms with van der Waals surface area (Å²) in [4.78, 5) is 15.9. The molecule has 0 bridgehead atoms. The number of ether oxygens (including phenoxy) is 1. The molecule has 4 rings (SSSR count). The lowest BCUT2D eigenvalue weighted by molar-refractivity contribution is -0.128. The van der Waals surface area contributed by atoms with E-state index in [4.69, 9.17) is 10.3 Å². The van der Waals surface area contributed by atoms with Crippen LogP contribution in [0.25, 0.3) is 5.53 Å². The SMILES string of the molecule is COc1ccc2c(c1)CC[C@H]1[C@H]2CC[C@]2(C)C(=O)C(=[N+]=[N-])C[C@@H]12. The minimum Gasteiger partial charge on any atom is -0.497 e. The van der Waals surface area contributed by atoms with Gasteiger partial charge >= 0.3 is 5.71 Å². The predicted octanol–water partition coefficient (Wildman–Crippen LogP) is 3.40. The molecule has 0 aromatic heterocycles. The van der Waals surface area contributed by atoms with Crippen molar-refractivity contribution in [3.63, 3.8) is 0 Å². The second-order valence-electron chi connectivity index (χ2n) is 7.52. The van der Waals surface area contributed by atoms with Crippen LogP contribution < -0.4 is 4.74 Å². The maximum absolute atomic E-state index is 12.6. The van der Waals surface area contributed by atoms with Gasteiger partial charge in [-0.25, -0.2) is 0 Å². The topological polar surface area (TPSA) is 62.7 Å². The van der Waals surface area contributed by atoms with Crippen LogP contribution >= 0.6 is 0 Å². The van der Waals surface area contributed by atoms with Crippen LogP contribution in [0.4, 0.5) is 0 Å². The van der Waals surface area contributed by atoms with Gasteiger partial charge in [0, 0.05) is 5.41 Å². The Morgan fingerprint density at radius 2 is 2.17 bits per heavy atom. The van der Waals surface area contributed by atoms with Gasteiger partial charge in [-0.1, -0.05) is 13.0 Å². The van der Waals surface area contributed by atoms with Crippen molar-refractivity contribution in [1.29, 1.82) is 0 Å². The van der Waals surface area contributed by atoms with Crippen molar-refractivity contribution in [1.82, 2.24) is 0 Å². The van der Waals surface area contributed by atoms with Gasteiger partial charge in [0.15, 0.2) is 0 Å². The molecule has 4 nitrogen and oxygen atoms in total. The van der Waals surface area contributed by atoms with Gasteiger partial charge in [-0.3, -0.25) is 4.79 Å². The number of hydrogen-bond donors (Lipinski definition) is 0. The first-order chi connectivity index (χ1) is 11.1. The zero-order chi connectivity index (χ0) is 16.2. The largest absolute Gasteiger partial charge is 0.497 e. The second-order valence-corrected chi connectivity index (χ2v) is 7.52. The monoisotopic (exact) mass is 310 g/mol. The summed E-state index contributed by atoms with van der Waals surface area (Å²) < 4.78 is 5.36. The Hall–Kier alpha value is -1.93. The predicted molar refractivity (Wildman–Crippen MR) is 86.6 cm³/mol. The van der Waals surface area contributed by atoms with Crippen molar-refractivity contribution >= 4 is 11.5 Å².